The van der Waals surface area contributed by atoms with Crippen molar-refractivity contribution in [2.45, 2.75) is 0 Å². The van der Waals surface area contributed by atoms with Gasteiger partial charge in [0.2, 0.25) is 0 Å². The van der Waals surface area contributed by atoms with Crippen LogP contribution in [0.5, 0.6) is 5.75 Å². The second kappa shape index (κ2) is 7.24. The molecule has 0 saturated carbocycles. The Balaban J connectivity index is 1.50. The van der Waals surface area contributed by atoms with Gasteiger partial charge in [-0.25, -0.2) is 15.0 Å². The minimum absolute atomic E-state index is 0.581. The van der Waals surface area contributed by atoms with Crippen molar-refractivity contribution in [1.29, 1.82) is 0 Å². The van der Waals surface area contributed by atoms with E-state index in [1.54, 1.807) is 31.9 Å². The van der Waals surface area contributed by atoms with Crippen LogP contribution in [0.25, 0.3) is 56.2 Å². The molecule has 0 amide bonds. The van der Waals surface area contributed by atoms with E-state index < -0.39 is 0 Å². The Labute approximate surface area is 181 Å². The van der Waals surface area contributed by atoms with Crippen molar-refractivity contribution in [3.05, 3.63) is 67.3 Å². The van der Waals surface area contributed by atoms with Crippen LogP contribution < -0.4 is 4.74 Å². The zero-order valence-corrected chi connectivity index (χ0v) is 16.9. The smallest absolute Gasteiger partial charge is 0.178 e. The summed E-state index contributed by atoms with van der Waals surface area (Å²) in [5, 5.41) is 7.49. The van der Waals surface area contributed by atoms with Gasteiger partial charge in [0.25, 0.3) is 0 Å². The number of rotatable bonds is 4. The minimum atomic E-state index is 0.581. The Kier molecular flexibility index (Phi) is 4.10. The van der Waals surface area contributed by atoms with Crippen molar-refractivity contribution in [2.24, 2.45) is 0 Å². The molecule has 0 fully saturated rings. The van der Waals surface area contributed by atoms with E-state index in [0.717, 1.165) is 27.9 Å². The molecule has 2 N–H and O–H groups in total. The van der Waals surface area contributed by atoms with Crippen LogP contribution in [0.4, 0.5) is 0 Å². The summed E-state index contributed by atoms with van der Waals surface area (Å²) in [6, 6.07) is 13.6. The van der Waals surface area contributed by atoms with E-state index in [0.29, 0.717) is 34.1 Å². The summed E-state index contributed by atoms with van der Waals surface area (Å²) >= 11 is 0. The van der Waals surface area contributed by atoms with E-state index in [2.05, 4.69) is 35.1 Å². The van der Waals surface area contributed by atoms with Gasteiger partial charge in [0.1, 0.15) is 17.0 Å². The van der Waals surface area contributed by atoms with Gasteiger partial charge in [-0.05, 0) is 35.9 Å². The number of nitrogens with zero attached hydrogens (tertiary/aromatic N) is 6. The van der Waals surface area contributed by atoms with Gasteiger partial charge in [-0.1, -0.05) is 12.1 Å². The first-order valence-electron chi connectivity index (χ1n) is 9.91. The average molecular weight is 420 g/mol. The number of methoxy groups -OCH3 is 1. The van der Waals surface area contributed by atoms with Crippen LogP contribution in [-0.2, 0) is 0 Å². The standard InChI is InChI=1S/C23H16N8O/c1-32-14-4-2-3-13(11-14)15-7-8-26-22-19(15)28-23(29-22)21-20-17(30-31-21)6-5-16(27-20)18-12-24-9-10-25-18/h2-12H,1H3,(H,30,31)(H,26,28,29). The van der Waals surface area contributed by atoms with Gasteiger partial charge >= 0.3 is 0 Å². The summed E-state index contributed by atoms with van der Waals surface area (Å²) in [7, 11) is 1.65. The number of hydrogen-bond donors (Lipinski definition) is 2. The number of nitrogens with one attached hydrogen (secondary N) is 2. The number of fused-ring (bicyclic) bond motifs is 2. The van der Waals surface area contributed by atoms with E-state index >= 15 is 0 Å². The van der Waals surface area contributed by atoms with Crippen molar-refractivity contribution in [2.75, 3.05) is 7.11 Å². The SMILES string of the molecule is COc1cccc(-c2ccnc3nc(-c4n[nH]c5ccc(-c6cnccn6)nc45)[nH]c23)c1. The van der Waals surface area contributed by atoms with Crippen molar-refractivity contribution in [3.8, 4) is 39.8 Å². The molecule has 0 aliphatic carbocycles. The van der Waals surface area contributed by atoms with Crippen LogP contribution in [-0.4, -0.2) is 47.2 Å². The predicted molar refractivity (Wildman–Crippen MR) is 120 cm³/mol. The molecule has 6 rings (SSSR count). The fourth-order valence-corrected chi connectivity index (χ4v) is 3.69. The lowest BCUT2D eigenvalue weighted by Gasteiger charge is -2.05. The maximum absolute atomic E-state index is 5.37. The van der Waals surface area contributed by atoms with E-state index in [9.17, 15) is 0 Å². The van der Waals surface area contributed by atoms with E-state index in [1.807, 2.05) is 42.5 Å². The molecular weight excluding hydrogens is 404 g/mol. The van der Waals surface area contributed by atoms with Gasteiger partial charge in [-0.2, -0.15) is 5.10 Å². The van der Waals surface area contributed by atoms with Crippen molar-refractivity contribution < 1.29 is 4.74 Å². The fourth-order valence-electron chi connectivity index (χ4n) is 3.69. The monoisotopic (exact) mass is 420 g/mol. The van der Waals surface area contributed by atoms with Crippen LogP contribution >= 0.6 is 0 Å². The molecule has 0 radical (unpaired) electrons. The third kappa shape index (κ3) is 2.95. The highest BCUT2D eigenvalue weighted by Gasteiger charge is 2.17. The van der Waals surface area contributed by atoms with E-state index in [1.165, 1.54) is 0 Å². The summed E-state index contributed by atoms with van der Waals surface area (Å²) in [5.74, 6) is 1.36. The number of benzene rings is 1. The number of aromatic amines is 2. The maximum atomic E-state index is 5.37. The number of hydrogen-bond acceptors (Lipinski definition) is 7. The highest BCUT2D eigenvalue weighted by atomic mass is 16.5. The molecule has 9 nitrogen and oxygen atoms in total. The quantitative estimate of drug-likeness (QED) is 0.442. The Hall–Kier alpha value is -4.66. The molecule has 5 aromatic heterocycles. The predicted octanol–water partition coefficient (Wildman–Crippen LogP) is 4.03. The third-order valence-corrected chi connectivity index (χ3v) is 5.23. The van der Waals surface area contributed by atoms with Gasteiger partial charge < -0.3 is 9.72 Å². The molecule has 0 spiro atoms. The molecular formula is C23H16N8O. The molecule has 0 unspecified atom stereocenters. The highest BCUT2D eigenvalue weighted by molar-refractivity contribution is 5.95. The van der Waals surface area contributed by atoms with Crippen LogP contribution in [0.2, 0.25) is 0 Å². The molecule has 9 heteroatoms. The molecule has 5 heterocycles. The molecule has 0 bridgehead atoms. The summed E-state index contributed by atoms with van der Waals surface area (Å²) in [5.41, 5.74) is 6.89. The number of aromatic nitrogens is 8. The summed E-state index contributed by atoms with van der Waals surface area (Å²) in [6.45, 7) is 0. The minimum Gasteiger partial charge on any atom is -0.497 e. The normalized spacial score (nSPS) is 11.3. The lowest BCUT2D eigenvalue weighted by atomic mass is 10.1. The number of H-pyrrole nitrogens is 2. The Morgan fingerprint density at radius 3 is 2.75 bits per heavy atom. The molecule has 0 saturated heterocycles. The maximum Gasteiger partial charge on any atom is 0.178 e. The van der Waals surface area contributed by atoms with Crippen LogP contribution in [0.3, 0.4) is 0 Å². The lowest BCUT2D eigenvalue weighted by molar-refractivity contribution is 0.415. The summed E-state index contributed by atoms with van der Waals surface area (Å²) in [4.78, 5) is 25.7. The zero-order chi connectivity index (χ0) is 21.5. The number of ether oxygens (including phenoxy) is 1. The molecule has 32 heavy (non-hydrogen) atoms. The molecule has 0 aliphatic rings. The van der Waals surface area contributed by atoms with Crippen molar-refractivity contribution >= 4 is 22.2 Å². The molecule has 154 valence electrons. The van der Waals surface area contributed by atoms with Crippen LogP contribution in [0.15, 0.2) is 67.3 Å². The van der Waals surface area contributed by atoms with Gasteiger partial charge in [-0.15, -0.1) is 0 Å². The first kappa shape index (κ1) is 18.1. The average Bonchev–Trinajstić information content (AvgIpc) is 3.48. The molecule has 1 aromatic carbocycles. The van der Waals surface area contributed by atoms with Gasteiger partial charge in [0.05, 0.1) is 30.0 Å². The number of imidazole rings is 1. The largest absolute Gasteiger partial charge is 0.497 e. The van der Waals surface area contributed by atoms with Gasteiger partial charge in [0.15, 0.2) is 17.2 Å². The molecule has 0 aliphatic heterocycles. The van der Waals surface area contributed by atoms with Crippen LogP contribution in [0.1, 0.15) is 0 Å². The van der Waals surface area contributed by atoms with Gasteiger partial charge in [0, 0.05) is 24.2 Å². The Morgan fingerprint density at radius 1 is 0.906 bits per heavy atom. The zero-order valence-electron chi connectivity index (χ0n) is 16.9. The Bertz CT molecular complexity index is 1570. The summed E-state index contributed by atoms with van der Waals surface area (Å²) in [6.07, 6.45) is 6.70. The first-order valence-corrected chi connectivity index (χ1v) is 9.91. The Morgan fingerprint density at radius 2 is 1.88 bits per heavy atom. The van der Waals surface area contributed by atoms with E-state index in [4.69, 9.17) is 9.72 Å². The lowest BCUT2D eigenvalue weighted by Crippen LogP contribution is -1.89. The number of pyridine rings is 2. The second-order valence-corrected chi connectivity index (χ2v) is 7.13. The van der Waals surface area contributed by atoms with Crippen LogP contribution in [0, 0.1) is 0 Å². The van der Waals surface area contributed by atoms with E-state index in [-0.39, 0.29) is 0 Å². The highest BCUT2D eigenvalue weighted by Crippen LogP contribution is 2.32. The molecule has 0 atom stereocenters. The van der Waals surface area contributed by atoms with Crippen molar-refractivity contribution in [3.63, 3.8) is 0 Å². The van der Waals surface area contributed by atoms with Crippen molar-refractivity contribution in [1.82, 2.24) is 40.1 Å². The first-order chi connectivity index (χ1) is 15.8. The second-order valence-electron chi connectivity index (χ2n) is 7.13. The third-order valence-electron chi connectivity index (χ3n) is 5.23. The summed E-state index contributed by atoms with van der Waals surface area (Å²) < 4.78 is 5.37. The molecule has 6 aromatic rings. The fraction of sp³-hybridized carbons (Fsp3) is 0.0435. The topological polar surface area (TPSA) is 118 Å². The van der Waals surface area contributed by atoms with Gasteiger partial charge in [-0.3, -0.25) is 15.1 Å².